The molecule has 0 bridgehead atoms. The molecule has 0 spiro atoms. The van der Waals surface area contributed by atoms with E-state index in [1.54, 1.807) is 0 Å². The first-order valence-electron chi connectivity index (χ1n) is 12.3. The maximum Gasteiger partial charge on any atom is 0.164 e. The number of benzene rings is 2. The zero-order valence-electron chi connectivity index (χ0n) is 23.6. The molecule has 0 saturated carbocycles. The van der Waals surface area contributed by atoms with Crippen molar-refractivity contribution >= 4 is 39.5 Å². The molecular weight excluding hydrogens is 449 g/mol. The standard InChI is InChI=1S/C28H46N4Si2/c1-27(2,3)31(33(7,8)9)25(29-23-19-15-13-16-20-23)26(30-24-21-17-14-18-22-24)32(28(4,5)6)34(10,11)12/h13-22H,1-12H3. The van der Waals surface area contributed by atoms with Crippen LogP contribution in [0.15, 0.2) is 70.6 Å². The topological polar surface area (TPSA) is 31.2 Å². The Labute approximate surface area is 211 Å². The van der Waals surface area contributed by atoms with Crippen LogP contribution in [0.25, 0.3) is 0 Å². The van der Waals surface area contributed by atoms with Crippen LogP contribution in [0.1, 0.15) is 41.5 Å². The Balaban J connectivity index is 3.02. The smallest absolute Gasteiger partial charge is 0.164 e. The third-order valence-electron chi connectivity index (χ3n) is 5.29. The average molecular weight is 495 g/mol. The lowest BCUT2D eigenvalue weighted by Gasteiger charge is -2.52. The molecule has 0 radical (unpaired) electrons. The highest BCUT2D eigenvalue weighted by Gasteiger charge is 2.43. The monoisotopic (exact) mass is 494 g/mol. The van der Waals surface area contributed by atoms with Gasteiger partial charge in [-0.25, -0.2) is 9.98 Å². The first kappa shape index (κ1) is 28.1. The molecule has 2 aromatic carbocycles. The fourth-order valence-electron chi connectivity index (χ4n) is 4.93. The molecule has 0 N–H and O–H groups in total. The molecule has 34 heavy (non-hydrogen) atoms. The van der Waals surface area contributed by atoms with Crippen LogP contribution in [0.2, 0.25) is 39.3 Å². The van der Waals surface area contributed by atoms with E-state index in [9.17, 15) is 0 Å². The van der Waals surface area contributed by atoms with Gasteiger partial charge in [0.15, 0.2) is 11.7 Å². The van der Waals surface area contributed by atoms with Gasteiger partial charge in [0.2, 0.25) is 0 Å². The Kier molecular flexibility index (Phi) is 8.42. The minimum absolute atomic E-state index is 0.113. The molecule has 0 unspecified atom stereocenters. The molecule has 0 heterocycles. The normalized spacial score (nSPS) is 14.2. The summed E-state index contributed by atoms with van der Waals surface area (Å²) in [6, 6.07) is 20.6. The van der Waals surface area contributed by atoms with Crippen molar-refractivity contribution in [1.82, 2.24) is 9.13 Å². The van der Waals surface area contributed by atoms with E-state index >= 15 is 0 Å². The van der Waals surface area contributed by atoms with E-state index in [1.807, 2.05) is 12.1 Å². The van der Waals surface area contributed by atoms with E-state index in [0.717, 1.165) is 23.0 Å². The number of para-hydroxylation sites is 2. The zero-order chi connectivity index (χ0) is 25.9. The van der Waals surface area contributed by atoms with E-state index in [-0.39, 0.29) is 11.1 Å². The van der Waals surface area contributed by atoms with Gasteiger partial charge in [-0.2, -0.15) is 0 Å². The van der Waals surface area contributed by atoms with Crippen LogP contribution < -0.4 is 0 Å². The summed E-state index contributed by atoms with van der Waals surface area (Å²) >= 11 is 0. The molecule has 6 heteroatoms. The lowest BCUT2D eigenvalue weighted by molar-refractivity contribution is 0.329. The van der Waals surface area contributed by atoms with Crippen LogP contribution in [0.4, 0.5) is 11.4 Å². The van der Waals surface area contributed by atoms with Crippen LogP contribution in [-0.2, 0) is 0 Å². The molecule has 2 aromatic rings. The predicted molar refractivity (Wildman–Crippen MR) is 157 cm³/mol. The van der Waals surface area contributed by atoms with E-state index in [1.165, 1.54) is 0 Å². The van der Waals surface area contributed by atoms with Crippen LogP contribution in [-0.4, -0.2) is 48.4 Å². The van der Waals surface area contributed by atoms with Gasteiger partial charge in [0.25, 0.3) is 0 Å². The van der Waals surface area contributed by atoms with Crippen molar-refractivity contribution in [1.29, 1.82) is 0 Å². The van der Waals surface area contributed by atoms with E-state index in [2.05, 4.69) is 138 Å². The second-order valence-corrected chi connectivity index (χ2v) is 22.5. The van der Waals surface area contributed by atoms with Crippen molar-refractivity contribution in [2.75, 3.05) is 0 Å². The van der Waals surface area contributed by atoms with E-state index in [0.29, 0.717) is 0 Å². The Morgan fingerprint density at radius 1 is 0.529 bits per heavy atom. The van der Waals surface area contributed by atoms with Crippen molar-refractivity contribution in [3.05, 3.63) is 60.7 Å². The molecule has 0 fully saturated rings. The largest absolute Gasteiger partial charge is 0.376 e. The summed E-state index contributed by atoms with van der Waals surface area (Å²) in [5.41, 5.74) is 1.68. The molecule has 4 nitrogen and oxygen atoms in total. The van der Waals surface area contributed by atoms with E-state index < -0.39 is 16.5 Å². The zero-order valence-corrected chi connectivity index (χ0v) is 25.6. The maximum atomic E-state index is 5.36. The van der Waals surface area contributed by atoms with Gasteiger partial charge in [-0.05, 0) is 65.8 Å². The quantitative estimate of drug-likeness (QED) is 0.243. The van der Waals surface area contributed by atoms with Crippen molar-refractivity contribution in [3.8, 4) is 0 Å². The summed E-state index contributed by atoms with van der Waals surface area (Å²) < 4.78 is 5.15. The molecule has 186 valence electrons. The Hall–Kier alpha value is -2.19. The highest BCUT2D eigenvalue weighted by molar-refractivity contribution is 6.81. The maximum absolute atomic E-state index is 5.36. The number of hydrogen-bond donors (Lipinski definition) is 0. The van der Waals surface area contributed by atoms with Crippen molar-refractivity contribution in [2.45, 2.75) is 91.9 Å². The number of amidine groups is 2. The van der Waals surface area contributed by atoms with Crippen molar-refractivity contribution < 1.29 is 0 Å². The van der Waals surface area contributed by atoms with Gasteiger partial charge < -0.3 is 9.13 Å². The summed E-state index contributed by atoms with van der Waals surface area (Å²) in [4.78, 5) is 10.7. The van der Waals surface area contributed by atoms with Gasteiger partial charge in [-0.1, -0.05) is 75.7 Å². The van der Waals surface area contributed by atoms with Gasteiger partial charge in [-0.15, -0.1) is 0 Å². The fourth-order valence-corrected chi connectivity index (χ4v) is 10.5. The Morgan fingerprint density at radius 2 is 0.794 bits per heavy atom. The number of rotatable bonds is 4. The lowest BCUT2D eigenvalue weighted by atomic mass is 10.1. The number of hydrogen-bond acceptors (Lipinski definition) is 2. The first-order chi connectivity index (χ1) is 15.4. The fraction of sp³-hybridized carbons (Fsp3) is 0.500. The highest BCUT2D eigenvalue weighted by atomic mass is 28.3. The molecular formula is C28H46N4Si2. The van der Waals surface area contributed by atoms with Crippen LogP contribution >= 0.6 is 0 Å². The summed E-state index contributed by atoms with van der Waals surface area (Å²) in [6.45, 7) is 28.1. The molecule has 0 aliphatic rings. The second-order valence-electron chi connectivity index (χ2n) is 12.9. The summed E-state index contributed by atoms with van der Waals surface area (Å²) in [5.74, 6) is 1.94. The van der Waals surface area contributed by atoms with E-state index in [4.69, 9.17) is 9.98 Å². The third kappa shape index (κ3) is 7.41. The van der Waals surface area contributed by atoms with Crippen LogP contribution in [0.3, 0.4) is 0 Å². The molecule has 0 amide bonds. The highest BCUT2D eigenvalue weighted by Crippen LogP contribution is 2.31. The number of aliphatic imine (C=N–C) groups is 2. The molecule has 0 aliphatic heterocycles. The Bertz CT molecular complexity index is 876. The SMILES string of the molecule is CC(C)(C)N(C(=Nc1ccccc1)C(=Nc1ccccc1)N(C(C)(C)C)[Si](C)(C)C)[Si](C)(C)C. The van der Waals surface area contributed by atoms with Gasteiger partial charge in [0.05, 0.1) is 11.4 Å². The van der Waals surface area contributed by atoms with Gasteiger partial charge in [0.1, 0.15) is 16.5 Å². The third-order valence-corrected chi connectivity index (χ3v) is 9.74. The van der Waals surface area contributed by atoms with Gasteiger partial charge >= 0.3 is 0 Å². The Morgan fingerprint density at radius 3 is 1.00 bits per heavy atom. The summed E-state index contributed by atoms with van der Waals surface area (Å²) in [5, 5.41) is 0. The summed E-state index contributed by atoms with van der Waals surface area (Å²) in [7, 11) is -3.75. The molecule has 0 saturated heterocycles. The van der Waals surface area contributed by atoms with Crippen molar-refractivity contribution in [3.63, 3.8) is 0 Å². The number of nitrogens with zero attached hydrogens (tertiary/aromatic N) is 4. The molecule has 0 aromatic heterocycles. The molecule has 0 atom stereocenters. The summed E-state index contributed by atoms with van der Waals surface area (Å²) in [6.07, 6.45) is 0. The molecule has 2 rings (SSSR count). The minimum atomic E-state index is -1.87. The molecule has 0 aliphatic carbocycles. The first-order valence-corrected chi connectivity index (χ1v) is 19.2. The van der Waals surface area contributed by atoms with Crippen LogP contribution in [0.5, 0.6) is 0 Å². The predicted octanol–water partition coefficient (Wildman–Crippen LogP) is 8.32. The van der Waals surface area contributed by atoms with Crippen molar-refractivity contribution in [2.24, 2.45) is 9.98 Å². The lowest BCUT2D eigenvalue weighted by Crippen LogP contribution is -2.67. The van der Waals surface area contributed by atoms with Crippen LogP contribution in [0, 0.1) is 0 Å². The average Bonchev–Trinajstić information content (AvgIpc) is 2.64. The van der Waals surface area contributed by atoms with Gasteiger partial charge in [0, 0.05) is 11.1 Å². The second kappa shape index (κ2) is 10.2. The van der Waals surface area contributed by atoms with Gasteiger partial charge in [-0.3, -0.25) is 0 Å². The minimum Gasteiger partial charge on any atom is -0.376 e.